The predicted molar refractivity (Wildman–Crippen MR) is 166 cm³/mol. The van der Waals surface area contributed by atoms with Gasteiger partial charge < -0.3 is 20.3 Å². The molecule has 7 heteroatoms. The lowest BCUT2D eigenvalue weighted by molar-refractivity contribution is -0.141. The molecule has 0 aromatic heterocycles. The van der Waals surface area contributed by atoms with Crippen molar-refractivity contribution in [3.05, 3.63) is 77.4 Å². The third kappa shape index (κ3) is 8.56. The van der Waals surface area contributed by atoms with E-state index in [0.717, 1.165) is 33.9 Å². The molecule has 2 unspecified atom stereocenters. The van der Waals surface area contributed by atoms with Crippen LogP contribution in [-0.2, 0) is 14.3 Å². The van der Waals surface area contributed by atoms with Gasteiger partial charge in [0.1, 0.15) is 17.7 Å². The fourth-order valence-corrected chi connectivity index (χ4v) is 4.71. The van der Waals surface area contributed by atoms with E-state index in [1.54, 1.807) is 25.7 Å². The number of fused-ring (bicyclic) bond motifs is 1. The lowest BCUT2D eigenvalue weighted by Crippen LogP contribution is -2.54. The van der Waals surface area contributed by atoms with Gasteiger partial charge in [-0.05, 0) is 86.6 Å². The molecule has 3 rings (SSSR count). The van der Waals surface area contributed by atoms with Crippen LogP contribution >= 0.6 is 0 Å². The highest BCUT2D eigenvalue weighted by molar-refractivity contribution is 6.00. The molecular weight excluding hydrogens is 514 g/mol. The summed E-state index contributed by atoms with van der Waals surface area (Å²) in [5.74, 6) is -0.868. The maximum Gasteiger partial charge on any atom is 0.408 e. The minimum Gasteiger partial charge on any atom is -0.444 e. The van der Waals surface area contributed by atoms with Gasteiger partial charge in [0, 0.05) is 12.2 Å². The molecule has 0 spiro atoms. The van der Waals surface area contributed by atoms with E-state index in [0.29, 0.717) is 18.7 Å². The van der Waals surface area contributed by atoms with Gasteiger partial charge in [0.2, 0.25) is 5.91 Å². The number of carbonyl (C=O) groups is 3. The van der Waals surface area contributed by atoms with Crippen molar-refractivity contribution in [3.63, 3.8) is 0 Å². The normalized spacial score (nSPS) is 13.0. The van der Waals surface area contributed by atoms with E-state index >= 15 is 0 Å². The van der Waals surface area contributed by atoms with Crippen LogP contribution < -0.4 is 10.6 Å². The molecule has 0 aliphatic rings. The topological polar surface area (TPSA) is 87.7 Å². The van der Waals surface area contributed by atoms with Gasteiger partial charge in [-0.3, -0.25) is 9.59 Å². The van der Waals surface area contributed by atoms with Crippen LogP contribution in [0.5, 0.6) is 0 Å². The molecule has 0 fully saturated rings. The maximum atomic E-state index is 14.3. The van der Waals surface area contributed by atoms with E-state index in [1.807, 2.05) is 95.3 Å². The number of nitrogens with zero attached hydrogens (tertiary/aromatic N) is 1. The highest BCUT2D eigenvalue weighted by Crippen LogP contribution is 2.28. The number of alkyl carbamates (subject to hydrolysis) is 1. The first-order valence-corrected chi connectivity index (χ1v) is 14.5. The van der Waals surface area contributed by atoms with Crippen molar-refractivity contribution in [2.24, 2.45) is 5.92 Å². The van der Waals surface area contributed by atoms with E-state index < -0.39 is 23.8 Å². The Morgan fingerprint density at radius 1 is 0.902 bits per heavy atom. The summed E-state index contributed by atoms with van der Waals surface area (Å²) in [5.41, 5.74) is 2.79. The third-order valence-corrected chi connectivity index (χ3v) is 7.06. The lowest BCUT2D eigenvalue weighted by Gasteiger charge is -2.36. The first kappa shape index (κ1) is 31.7. The second kappa shape index (κ2) is 13.7. The molecule has 0 bridgehead atoms. The number of anilines is 1. The average Bonchev–Trinajstić information content (AvgIpc) is 2.89. The van der Waals surface area contributed by atoms with Crippen molar-refractivity contribution in [3.8, 4) is 0 Å². The summed E-state index contributed by atoms with van der Waals surface area (Å²) < 4.78 is 5.46. The minimum absolute atomic E-state index is 0.233. The number of aryl methyl sites for hydroxylation is 2. The number of hydrogen-bond acceptors (Lipinski definition) is 4. The molecule has 0 radical (unpaired) electrons. The molecule has 41 heavy (non-hydrogen) atoms. The summed E-state index contributed by atoms with van der Waals surface area (Å²) in [6.07, 6.45) is 0.873. The monoisotopic (exact) mass is 559 g/mol. The minimum atomic E-state index is -0.901. The standard InChI is InChI=1S/C34H45N3O4/c1-9-10-19-37(32(39)29(22(2)3)36-33(40)41-34(6,7)8)30(27-16-15-23(4)24(5)20-27)31(38)35-28-18-17-25-13-11-12-14-26(25)21-28/h11-18,20-22,29-30H,9-10,19H2,1-8H3,(H,35,38)(H,36,40). The Hall–Kier alpha value is -3.87. The summed E-state index contributed by atoms with van der Waals surface area (Å²) in [5, 5.41) is 7.94. The molecule has 0 saturated carbocycles. The van der Waals surface area contributed by atoms with E-state index in [2.05, 4.69) is 10.6 Å². The molecule has 2 N–H and O–H groups in total. The number of amides is 3. The Bertz CT molecular complexity index is 1380. The fourth-order valence-electron chi connectivity index (χ4n) is 4.71. The number of unbranched alkanes of at least 4 members (excludes halogenated alkanes) is 1. The number of nitrogens with one attached hydrogen (secondary N) is 2. The quantitative estimate of drug-likeness (QED) is 0.273. The van der Waals surface area contributed by atoms with Crippen LogP contribution in [0.25, 0.3) is 10.8 Å². The van der Waals surface area contributed by atoms with Crippen LogP contribution in [0.2, 0.25) is 0 Å². The van der Waals surface area contributed by atoms with E-state index in [1.165, 1.54) is 0 Å². The summed E-state index contributed by atoms with van der Waals surface area (Å²) in [7, 11) is 0. The van der Waals surface area contributed by atoms with Crippen LogP contribution in [0.3, 0.4) is 0 Å². The Morgan fingerprint density at radius 3 is 2.20 bits per heavy atom. The van der Waals surface area contributed by atoms with Gasteiger partial charge in [-0.1, -0.05) is 75.7 Å². The van der Waals surface area contributed by atoms with Gasteiger partial charge in [0.15, 0.2) is 0 Å². The van der Waals surface area contributed by atoms with Gasteiger partial charge in [0.05, 0.1) is 0 Å². The largest absolute Gasteiger partial charge is 0.444 e. The molecule has 0 aliphatic heterocycles. The Balaban J connectivity index is 2.04. The maximum absolute atomic E-state index is 14.3. The van der Waals surface area contributed by atoms with E-state index in [-0.39, 0.29) is 17.7 Å². The number of ether oxygens (including phenoxy) is 1. The van der Waals surface area contributed by atoms with E-state index in [4.69, 9.17) is 4.74 Å². The molecule has 0 aliphatic carbocycles. The number of carbonyl (C=O) groups excluding carboxylic acids is 3. The number of rotatable bonds is 10. The van der Waals surface area contributed by atoms with Crippen LogP contribution in [-0.4, -0.2) is 41.0 Å². The first-order chi connectivity index (χ1) is 19.3. The molecule has 2 atom stereocenters. The molecular formula is C34H45N3O4. The van der Waals surface area contributed by atoms with Crippen molar-refractivity contribution >= 4 is 34.4 Å². The van der Waals surface area contributed by atoms with Gasteiger partial charge in [0.25, 0.3) is 5.91 Å². The highest BCUT2D eigenvalue weighted by atomic mass is 16.6. The fraction of sp³-hybridized carbons (Fsp3) is 0.441. The molecule has 0 saturated heterocycles. The summed E-state index contributed by atoms with van der Waals surface area (Å²) in [6.45, 7) is 15.5. The average molecular weight is 560 g/mol. The molecule has 220 valence electrons. The van der Waals surface area contributed by atoms with Gasteiger partial charge >= 0.3 is 6.09 Å². The Morgan fingerprint density at radius 2 is 1.59 bits per heavy atom. The number of hydrogen-bond donors (Lipinski definition) is 2. The molecule has 3 aromatic carbocycles. The zero-order chi connectivity index (χ0) is 30.3. The molecule has 3 aromatic rings. The van der Waals surface area contributed by atoms with Crippen LogP contribution in [0.1, 0.15) is 77.1 Å². The third-order valence-electron chi connectivity index (χ3n) is 7.06. The van der Waals surface area contributed by atoms with Crippen LogP contribution in [0.15, 0.2) is 60.7 Å². The van der Waals surface area contributed by atoms with Crippen molar-refractivity contribution < 1.29 is 19.1 Å². The second-order valence-corrected chi connectivity index (χ2v) is 12.1. The summed E-state index contributed by atoms with van der Waals surface area (Å²) in [4.78, 5) is 42.8. The Kier molecular flexibility index (Phi) is 10.5. The highest BCUT2D eigenvalue weighted by Gasteiger charge is 2.37. The van der Waals surface area contributed by atoms with Crippen molar-refractivity contribution in [2.45, 2.75) is 85.9 Å². The van der Waals surface area contributed by atoms with Gasteiger partial charge in [-0.25, -0.2) is 4.79 Å². The first-order valence-electron chi connectivity index (χ1n) is 14.5. The Labute approximate surface area is 244 Å². The van der Waals surface area contributed by atoms with Crippen molar-refractivity contribution in [1.29, 1.82) is 0 Å². The van der Waals surface area contributed by atoms with E-state index in [9.17, 15) is 14.4 Å². The SMILES string of the molecule is CCCCN(C(=O)C(NC(=O)OC(C)(C)C)C(C)C)C(C(=O)Nc1ccc2ccccc2c1)c1ccc(C)c(C)c1. The molecule has 7 nitrogen and oxygen atoms in total. The van der Waals surface area contributed by atoms with Crippen LogP contribution in [0, 0.1) is 19.8 Å². The second-order valence-electron chi connectivity index (χ2n) is 12.1. The lowest BCUT2D eigenvalue weighted by atomic mass is 9.96. The van der Waals surface area contributed by atoms with Gasteiger partial charge in [-0.15, -0.1) is 0 Å². The zero-order valence-electron chi connectivity index (χ0n) is 25.7. The molecule has 0 heterocycles. The summed E-state index contributed by atoms with van der Waals surface area (Å²) in [6, 6.07) is 17.8. The summed E-state index contributed by atoms with van der Waals surface area (Å²) >= 11 is 0. The van der Waals surface area contributed by atoms with Gasteiger partial charge in [-0.2, -0.15) is 0 Å². The number of benzene rings is 3. The predicted octanol–water partition coefficient (Wildman–Crippen LogP) is 7.31. The smallest absolute Gasteiger partial charge is 0.408 e. The van der Waals surface area contributed by atoms with Crippen LogP contribution in [0.4, 0.5) is 10.5 Å². The van der Waals surface area contributed by atoms with Crippen molar-refractivity contribution in [1.82, 2.24) is 10.2 Å². The zero-order valence-corrected chi connectivity index (χ0v) is 25.7. The van der Waals surface area contributed by atoms with Crippen molar-refractivity contribution in [2.75, 3.05) is 11.9 Å². The molecule has 3 amide bonds.